The van der Waals surface area contributed by atoms with Gasteiger partial charge < -0.3 is 15.4 Å². The highest BCUT2D eigenvalue weighted by molar-refractivity contribution is 5.81. The fourth-order valence-electron chi connectivity index (χ4n) is 2.10. The SMILES string of the molecule is CC(C)CCOCCNC(=O)C1CC(C)CCN1. The first kappa shape index (κ1) is 15.4. The first-order valence-corrected chi connectivity index (χ1v) is 7.18. The average molecular weight is 256 g/mol. The maximum absolute atomic E-state index is 11.9. The number of nitrogens with one attached hydrogen (secondary N) is 2. The van der Waals surface area contributed by atoms with Crippen LogP contribution in [0.25, 0.3) is 0 Å². The summed E-state index contributed by atoms with van der Waals surface area (Å²) in [6.45, 7) is 9.53. The summed E-state index contributed by atoms with van der Waals surface area (Å²) in [6, 6.07) is -0.00980. The van der Waals surface area contributed by atoms with Crippen molar-refractivity contribution in [1.82, 2.24) is 10.6 Å². The number of piperidine rings is 1. The van der Waals surface area contributed by atoms with Gasteiger partial charge in [0.05, 0.1) is 12.6 Å². The van der Waals surface area contributed by atoms with Gasteiger partial charge in [-0.2, -0.15) is 0 Å². The summed E-state index contributed by atoms with van der Waals surface area (Å²) in [5.74, 6) is 1.44. The van der Waals surface area contributed by atoms with Crippen LogP contribution in [0, 0.1) is 11.8 Å². The molecule has 0 aromatic heterocycles. The third kappa shape index (κ3) is 6.36. The molecule has 1 aliphatic heterocycles. The molecule has 1 amide bonds. The van der Waals surface area contributed by atoms with Crippen molar-refractivity contribution < 1.29 is 9.53 Å². The van der Waals surface area contributed by atoms with Gasteiger partial charge in [-0.25, -0.2) is 0 Å². The summed E-state index contributed by atoms with van der Waals surface area (Å²) in [7, 11) is 0. The molecule has 4 heteroatoms. The maximum Gasteiger partial charge on any atom is 0.237 e. The van der Waals surface area contributed by atoms with Crippen LogP contribution in [0.1, 0.15) is 40.0 Å². The van der Waals surface area contributed by atoms with E-state index in [0.717, 1.165) is 26.0 Å². The van der Waals surface area contributed by atoms with E-state index in [1.807, 2.05) is 0 Å². The first-order chi connectivity index (χ1) is 8.59. The van der Waals surface area contributed by atoms with Crippen LogP contribution in [-0.4, -0.2) is 38.3 Å². The Morgan fingerprint density at radius 2 is 2.22 bits per heavy atom. The van der Waals surface area contributed by atoms with E-state index in [1.165, 1.54) is 6.42 Å². The van der Waals surface area contributed by atoms with Gasteiger partial charge >= 0.3 is 0 Å². The molecule has 2 N–H and O–H groups in total. The number of carbonyl (C=O) groups is 1. The molecule has 2 unspecified atom stereocenters. The Hall–Kier alpha value is -0.610. The Morgan fingerprint density at radius 1 is 1.44 bits per heavy atom. The lowest BCUT2D eigenvalue weighted by Crippen LogP contribution is -2.49. The monoisotopic (exact) mass is 256 g/mol. The second kappa shape index (κ2) is 8.48. The summed E-state index contributed by atoms with van der Waals surface area (Å²) >= 11 is 0. The van der Waals surface area contributed by atoms with E-state index >= 15 is 0 Å². The molecule has 18 heavy (non-hydrogen) atoms. The van der Waals surface area contributed by atoms with Crippen LogP contribution in [0.2, 0.25) is 0 Å². The molecule has 106 valence electrons. The molecule has 0 aromatic rings. The number of rotatable bonds is 7. The molecule has 0 aromatic carbocycles. The van der Waals surface area contributed by atoms with Crippen molar-refractivity contribution in [3.63, 3.8) is 0 Å². The van der Waals surface area contributed by atoms with Gasteiger partial charge in [-0.05, 0) is 37.6 Å². The van der Waals surface area contributed by atoms with Crippen LogP contribution in [0.15, 0.2) is 0 Å². The summed E-state index contributed by atoms with van der Waals surface area (Å²) in [6.07, 6.45) is 3.19. The Bertz CT molecular complexity index is 244. The summed E-state index contributed by atoms with van der Waals surface area (Å²) in [5.41, 5.74) is 0. The molecule has 2 atom stereocenters. The van der Waals surface area contributed by atoms with Crippen molar-refractivity contribution in [2.24, 2.45) is 11.8 Å². The highest BCUT2D eigenvalue weighted by Crippen LogP contribution is 2.14. The van der Waals surface area contributed by atoms with Gasteiger partial charge in [-0.15, -0.1) is 0 Å². The van der Waals surface area contributed by atoms with Crippen molar-refractivity contribution in [1.29, 1.82) is 0 Å². The molecular formula is C14H28N2O2. The number of carbonyl (C=O) groups excluding carboxylic acids is 1. The van der Waals surface area contributed by atoms with Gasteiger partial charge in [0.25, 0.3) is 0 Å². The minimum atomic E-state index is -0.00980. The van der Waals surface area contributed by atoms with E-state index in [4.69, 9.17) is 4.74 Å². The van der Waals surface area contributed by atoms with Crippen LogP contribution in [-0.2, 0) is 9.53 Å². The van der Waals surface area contributed by atoms with Gasteiger partial charge in [0, 0.05) is 13.2 Å². The molecule has 1 rings (SSSR count). The third-order valence-corrected chi connectivity index (χ3v) is 3.37. The first-order valence-electron chi connectivity index (χ1n) is 7.18. The zero-order valence-electron chi connectivity index (χ0n) is 12.0. The lowest BCUT2D eigenvalue weighted by atomic mass is 9.94. The largest absolute Gasteiger partial charge is 0.380 e. The van der Waals surface area contributed by atoms with Crippen molar-refractivity contribution in [3.05, 3.63) is 0 Å². The van der Waals surface area contributed by atoms with Gasteiger partial charge in [-0.3, -0.25) is 4.79 Å². The topological polar surface area (TPSA) is 50.4 Å². The van der Waals surface area contributed by atoms with Gasteiger partial charge in [0.2, 0.25) is 5.91 Å². The van der Waals surface area contributed by atoms with E-state index in [2.05, 4.69) is 31.4 Å². The van der Waals surface area contributed by atoms with Gasteiger partial charge in [-0.1, -0.05) is 20.8 Å². The minimum Gasteiger partial charge on any atom is -0.380 e. The average Bonchev–Trinajstić information content (AvgIpc) is 2.33. The molecule has 1 heterocycles. The fraction of sp³-hybridized carbons (Fsp3) is 0.929. The highest BCUT2D eigenvalue weighted by atomic mass is 16.5. The summed E-state index contributed by atoms with van der Waals surface area (Å²) in [5, 5.41) is 6.20. The predicted molar refractivity (Wildman–Crippen MR) is 73.5 cm³/mol. The minimum absolute atomic E-state index is 0.00980. The van der Waals surface area contributed by atoms with Crippen LogP contribution in [0.3, 0.4) is 0 Å². The maximum atomic E-state index is 11.9. The number of amides is 1. The molecule has 0 bridgehead atoms. The Labute approximate surface area is 111 Å². The van der Waals surface area contributed by atoms with E-state index in [1.54, 1.807) is 0 Å². The van der Waals surface area contributed by atoms with Crippen LogP contribution < -0.4 is 10.6 Å². The van der Waals surface area contributed by atoms with Gasteiger partial charge in [0.15, 0.2) is 0 Å². The standard InChI is InChI=1S/C14H28N2O2/c1-11(2)5-8-18-9-7-16-14(17)13-10-12(3)4-6-15-13/h11-13,15H,4-10H2,1-3H3,(H,16,17). The van der Waals surface area contributed by atoms with Crippen LogP contribution >= 0.6 is 0 Å². The van der Waals surface area contributed by atoms with Crippen molar-refractivity contribution in [2.45, 2.75) is 46.1 Å². The summed E-state index contributed by atoms with van der Waals surface area (Å²) in [4.78, 5) is 11.9. The zero-order chi connectivity index (χ0) is 13.4. The molecule has 1 aliphatic rings. The Morgan fingerprint density at radius 3 is 2.89 bits per heavy atom. The molecule has 0 spiro atoms. The highest BCUT2D eigenvalue weighted by Gasteiger charge is 2.23. The molecule has 0 aliphatic carbocycles. The lowest BCUT2D eigenvalue weighted by molar-refractivity contribution is -0.124. The zero-order valence-corrected chi connectivity index (χ0v) is 12.0. The van der Waals surface area contributed by atoms with Crippen LogP contribution in [0.5, 0.6) is 0 Å². The van der Waals surface area contributed by atoms with Crippen molar-refractivity contribution in [2.75, 3.05) is 26.3 Å². The number of ether oxygens (including phenoxy) is 1. The Balaban J connectivity index is 2.02. The quantitative estimate of drug-likeness (QED) is 0.680. The summed E-state index contributed by atoms with van der Waals surface area (Å²) < 4.78 is 5.47. The molecule has 0 saturated carbocycles. The molecular weight excluding hydrogens is 228 g/mol. The second-order valence-corrected chi connectivity index (χ2v) is 5.72. The Kier molecular flexibility index (Phi) is 7.28. The van der Waals surface area contributed by atoms with E-state index < -0.39 is 0 Å². The molecule has 4 nitrogen and oxygen atoms in total. The van der Waals surface area contributed by atoms with Gasteiger partial charge in [0.1, 0.15) is 0 Å². The fourth-order valence-corrected chi connectivity index (χ4v) is 2.10. The van der Waals surface area contributed by atoms with Crippen LogP contribution in [0.4, 0.5) is 0 Å². The van der Waals surface area contributed by atoms with E-state index in [0.29, 0.717) is 25.0 Å². The van der Waals surface area contributed by atoms with Crippen molar-refractivity contribution >= 4 is 5.91 Å². The van der Waals surface area contributed by atoms with Crippen molar-refractivity contribution in [3.8, 4) is 0 Å². The predicted octanol–water partition coefficient (Wildman–Crippen LogP) is 1.55. The number of hydrogen-bond acceptors (Lipinski definition) is 3. The molecule has 1 saturated heterocycles. The smallest absolute Gasteiger partial charge is 0.237 e. The third-order valence-electron chi connectivity index (χ3n) is 3.37. The number of hydrogen-bond donors (Lipinski definition) is 2. The van der Waals surface area contributed by atoms with E-state index in [-0.39, 0.29) is 11.9 Å². The second-order valence-electron chi connectivity index (χ2n) is 5.72. The van der Waals surface area contributed by atoms with E-state index in [9.17, 15) is 4.79 Å². The molecule has 1 fully saturated rings. The lowest BCUT2D eigenvalue weighted by Gasteiger charge is -2.27. The molecule has 0 radical (unpaired) electrons. The normalized spacial score (nSPS) is 24.2.